The number of piperazine rings is 1. The van der Waals surface area contributed by atoms with Crippen LogP contribution in [0.5, 0.6) is 0 Å². The molecule has 4 rings (SSSR count). The number of hydrogen-bond acceptors (Lipinski definition) is 8. The Morgan fingerprint density at radius 3 is 2.58 bits per heavy atom. The monoisotopic (exact) mass is 395 g/mol. The molecule has 26 heavy (non-hydrogen) atoms. The van der Waals surface area contributed by atoms with Crippen LogP contribution in [0.15, 0.2) is 29.2 Å². The molecule has 0 unspecified atom stereocenters. The van der Waals surface area contributed by atoms with Crippen LogP contribution in [-0.4, -0.2) is 53.2 Å². The average molecular weight is 395 g/mol. The number of nitrogens with zero attached hydrogens (tertiary/aromatic N) is 5. The van der Waals surface area contributed by atoms with Crippen molar-refractivity contribution in [2.24, 2.45) is 0 Å². The van der Waals surface area contributed by atoms with Crippen LogP contribution in [0.25, 0.3) is 0 Å². The lowest BCUT2D eigenvalue weighted by Gasteiger charge is -2.33. The van der Waals surface area contributed by atoms with Crippen LogP contribution in [0.3, 0.4) is 0 Å². The van der Waals surface area contributed by atoms with E-state index in [1.165, 1.54) is 34.0 Å². The Morgan fingerprint density at radius 1 is 1.19 bits per heavy atom. The van der Waals surface area contributed by atoms with Gasteiger partial charge in [0, 0.05) is 55.8 Å². The Morgan fingerprint density at radius 2 is 1.92 bits per heavy atom. The molecule has 1 saturated carbocycles. The summed E-state index contributed by atoms with van der Waals surface area (Å²) in [6.45, 7) is 1.66. The molecule has 1 aliphatic carbocycles. The number of nitro benzene ring substituents is 1. The smallest absolute Gasteiger partial charge is 0.270 e. The summed E-state index contributed by atoms with van der Waals surface area (Å²) in [6, 6.07) is 5.17. The molecule has 11 heteroatoms. The standard InChI is InChI=1S/C15H17N5O4S2/c21-20(22)12-2-1-3-13(10-12)26(23,24)19-8-6-18(7-9-19)15-16-14(17-25-15)11-4-5-11/h1-3,10-11H,4-9H2. The van der Waals surface area contributed by atoms with E-state index in [0.717, 1.165) is 29.9 Å². The van der Waals surface area contributed by atoms with Gasteiger partial charge in [-0.1, -0.05) is 6.07 Å². The summed E-state index contributed by atoms with van der Waals surface area (Å²) in [5.74, 6) is 1.40. The van der Waals surface area contributed by atoms with Crippen LogP contribution in [0.2, 0.25) is 0 Å². The largest absolute Gasteiger partial charge is 0.344 e. The molecule has 1 aromatic carbocycles. The average Bonchev–Trinajstić information content (AvgIpc) is 3.39. The Labute approximate surface area is 154 Å². The van der Waals surface area contributed by atoms with Gasteiger partial charge in [0.2, 0.25) is 15.2 Å². The summed E-state index contributed by atoms with van der Waals surface area (Å²) in [5.41, 5.74) is -0.230. The third-order valence-electron chi connectivity index (χ3n) is 4.55. The number of anilines is 1. The summed E-state index contributed by atoms with van der Waals surface area (Å²) in [4.78, 5) is 16.9. The highest BCUT2D eigenvalue weighted by molar-refractivity contribution is 7.89. The van der Waals surface area contributed by atoms with E-state index >= 15 is 0 Å². The zero-order valence-electron chi connectivity index (χ0n) is 13.8. The van der Waals surface area contributed by atoms with Crippen molar-refractivity contribution < 1.29 is 13.3 Å². The maximum absolute atomic E-state index is 12.8. The number of sulfonamides is 1. The molecule has 1 aromatic heterocycles. The number of hydrogen-bond donors (Lipinski definition) is 0. The van der Waals surface area contributed by atoms with Crippen molar-refractivity contribution in [2.75, 3.05) is 31.1 Å². The predicted molar refractivity (Wildman–Crippen MR) is 96.0 cm³/mol. The van der Waals surface area contributed by atoms with Gasteiger partial charge in [0.25, 0.3) is 5.69 Å². The highest BCUT2D eigenvalue weighted by Gasteiger charge is 2.32. The number of non-ortho nitro benzene ring substituents is 1. The van der Waals surface area contributed by atoms with Crippen LogP contribution >= 0.6 is 11.5 Å². The van der Waals surface area contributed by atoms with Crippen molar-refractivity contribution >= 4 is 32.4 Å². The molecule has 138 valence electrons. The first-order valence-electron chi connectivity index (χ1n) is 8.28. The Bertz CT molecular complexity index is 933. The molecule has 0 spiro atoms. The van der Waals surface area contributed by atoms with Gasteiger partial charge in [0.05, 0.1) is 9.82 Å². The molecule has 0 radical (unpaired) electrons. The maximum Gasteiger partial charge on any atom is 0.270 e. The van der Waals surface area contributed by atoms with Crippen LogP contribution in [-0.2, 0) is 10.0 Å². The molecule has 0 amide bonds. The molecule has 1 saturated heterocycles. The first-order valence-corrected chi connectivity index (χ1v) is 10.5. The quantitative estimate of drug-likeness (QED) is 0.561. The van der Waals surface area contributed by atoms with Crippen LogP contribution < -0.4 is 4.90 Å². The molecule has 0 bridgehead atoms. The van der Waals surface area contributed by atoms with Gasteiger partial charge in [0.15, 0.2) is 0 Å². The lowest BCUT2D eigenvalue weighted by Crippen LogP contribution is -2.48. The van der Waals surface area contributed by atoms with Crippen molar-refractivity contribution in [3.05, 3.63) is 40.2 Å². The Balaban J connectivity index is 1.46. The molecule has 2 fully saturated rings. The summed E-state index contributed by atoms with van der Waals surface area (Å²) < 4.78 is 31.3. The molecular weight excluding hydrogens is 378 g/mol. The Hall–Kier alpha value is -2.11. The van der Waals surface area contributed by atoms with Gasteiger partial charge in [-0.3, -0.25) is 10.1 Å². The molecular formula is C15H17N5O4S2. The normalized spacial score (nSPS) is 18.8. The van der Waals surface area contributed by atoms with Crippen molar-refractivity contribution in [1.82, 2.24) is 13.7 Å². The van der Waals surface area contributed by atoms with E-state index in [4.69, 9.17) is 0 Å². The zero-order valence-corrected chi connectivity index (χ0v) is 15.4. The van der Waals surface area contributed by atoms with Gasteiger partial charge in [-0.25, -0.2) is 13.4 Å². The molecule has 9 nitrogen and oxygen atoms in total. The van der Waals surface area contributed by atoms with E-state index in [2.05, 4.69) is 9.36 Å². The lowest BCUT2D eigenvalue weighted by molar-refractivity contribution is -0.385. The number of benzene rings is 1. The van der Waals surface area contributed by atoms with E-state index in [0.29, 0.717) is 32.1 Å². The van der Waals surface area contributed by atoms with Crippen LogP contribution in [0.1, 0.15) is 24.6 Å². The van der Waals surface area contributed by atoms with Crippen LogP contribution in [0.4, 0.5) is 10.8 Å². The molecule has 1 aliphatic heterocycles. The zero-order chi connectivity index (χ0) is 18.3. The highest BCUT2D eigenvalue weighted by atomic mass is 32.2. The fourth-order valence-corrected chi connectivity index (χ4v) is 5.15. The minimum absolute atomic E-state index is 0.0490. The Kier molecular flexibility index (Phi) is 4.37. The minimum atomic E-state index is -3.75. The second kappa shape index (κ2) is 6.56. The van der Waals surface area contributed by atoms with E-state index in [-0.39, 0.29) is 10.6 Å². The fourth-order valence-electron chi connectivity index (χ4n) is 2.89. The maximum atomic E-state index is 12.8. The van der Waals surface area contributed by atoms with Gasteiger partial charge < -0.3 is 4.90 Å². The van der Waals surface area contributed by atoms with Gasteiger partial charge in [-0.2, -0.15) is 8.68 Å². The summed E-state index contributed by atoms with van der Waals surface area (Å²) in [5, 5.41) is 11.7. The summed E-state index contributed by atoms with van der Waals surface area (Å²) in [6.07, 6.45) is 2.29. The van der Waals surface area contributed by atoms with Crippen molar-refractivity contribution in [2.45, 2.75) is 23.7 Å². The predicted octanol–water partition coefficient (Wildman–Crippen LogP) is 1.83. The van der Waals surface area contributed by atoms with E-state index in [9.17, 15) is 18.5 Å². The van der Waals surface area contributed by atoms with Gasteiger partial charge in [-0.15, -0.1) is 0 Å². The third kappa shape index (κ3) is 3.29. The molecule has 0 N–H and O–H groups in total. The SMILES string of the molecule is O=[N+]([O-])c1cccc(S(=O)(=O)N2CCN(c3nc(C4CC4)ns3)CC2)c1. The second-order valence-electron chi connectivity index (χ2n) is 6.36. The first kappa shape index (κ1) is 17.3. The van der Waals surface area contributed by atoms with E-state index in [1.54, 1.807) is 0 Å². The van der Waals surface area contributed by atoms with Gasteiger partial charge in [-0.05, 0) is 18.9 Å². The first-order chi connectivity index (χ1) is 12.4. The van der Waals surface area contributed by atoms with Crippen molar-refractivity contribution in [1.29, 1.82) is 0 Å². The lowest BCUT2D eigenvalue weighted by atomic mass is 10.3. The molecule has 2 heterocycles. The van der Waals surface area contributed by atoms with E-state index in [1.807, 2.05) is 4.90 Å². The molecule has 2 aliphatic rings. The second-order valence-corrected chi connectivity index (χ2v) is 9.02. The topological polar surface area (TPSA) is 110 Å². The third-order valence-corrected chi connectivity index (χ3v) is 7.23. The van der Waals surface area contributed by atoms with Crippen molar-refractivity contribution in [3.63, 3.8) is 0 Å². The highest BCUT2D eigenvalue weighted by Crippen LogP contribution is 2.39. The van der Waals surface area contributed by atoms with E-state index < -0.39 is 14.9 Å². The summed E-state index contributed by atoms with van der Waals surface area (Å²) in [7, 11) is -3.75. The number of aromatic nitrogens is 2. The van der Waals surface area contributed by atoms with Crippen LogP contribution in [0, 0.1) is 10.1 Å². The minimum Gasteiger partial charge on any atom is -0.344 e. The molecule has 0 atom stereocenters. The number of rotatable bonds is 5. The molecule has 2 aromatic rings. The van der Waals surface area contributed by atoms with Crippen molar-refractivity contribution in [3.8, 4) is 0 Å². The summed E-state index contributed by atoms with van der Waals surface area (Å²) >= 11 is 1.36. The number of nitro groups is 1. The fraction of sp³-hybridized carbons (Fsp3) is 0.467. The van der Waals surface area contributed by atoms with Gasteiger partial charge >= 0.3 is 0 Å². The van der Waals surface area contributed by atoms with Gasteiger partial charge in [0.1, 0.15) is 5.82 Å².